The number of ether oxygens (including phenoxy) is 1. The van der Waals surface area contributed by atoms with Gasteiger partial charge in [0.2, 0.25) is 0 Å². The van der Waals surface area contributed by atoms with Crippen LogP contribution < -0.4 is 0 Å². The van der Waals surface area contributed by atoms with Gasteiger partial charge >= 0.3 is 18.3 Å². The molecule has 0 radical (unpaired) electrons. The molecule has 0 N–H and O–H groups in total. The van der Waals surface area contributed by atoms with E-state index >= 15 is 0 Å². The predicted molar refractivity (Wildman–Crippen MR) is 50.0 cm³/mol. The van der Waals surface area contributed by atoms with Gasteiger partial charge in [0.25, 0.3) is 0 Å². The number of hydrogen-bond donors (Lipinski definition) is 0. The van der Waals surface area contributed by atoms with Crippen molar-refractivity contribution >= 4 is 5.97 Å². The number of nitrogens with zero attached hydrogens (tertiary/aromatic N) is 1. The monoisotopic (exact) mass is 287 g/mol. The molecule has 0 unspecified atom stereocenters. The Morgan fingerprint density at radius 3 is 2.16 bits per heavy atom. The molecule has 0 aliphatic rings. The SMILES string of the molecule is COC(=O)Cc1ccc(C(F)(F)F)c(C(F)(F)F)n1. The van der Waals surface area contributed by atoms with E-state index in [0.29, 0.717) is 6.07 Å². The second-order valence-electron chi connectivity index (χ2n) is 3.45. The zero-order valence-corrected chi connectivity index (χ0v) is 9.39. The molecule has 9 heteroatoms. The summed E-state index contributed by atoms with van der Waals surface area (Å²) >= 11 is 0. The Hall–Kier alpha value is -1.80. The molecule has 0 aliphatic heterocycles. The molecule has 1 aromatic heterocycles. The summed E-state index contributed by atoms with van der Waals surface area (Å²) in [4.78, 5) is 13.7. The molecular formula is C10H7F6NO2. The van der Waals surface area contributed by atoms with Crippen LogP contribution >= 0.6 is 0 Å². The number of hydrogen-bond acceptors (Lipinski definition) is 3. The maximum absolute atomic E-state index is 12.5. The highest BCUT2D eigenvalue weighted by molar-refractivity contribution is 5.71. The maximum atomic E-state index is 12.5. The highest BCUT2D eigenvalue weighted by atomic mass is 19.4. The topological polar surface area (TPSA) is 39.2 Å². The van der Waals surface area contributed by atoms with Gasteiger partial charge in [-0.1, -0.05) is 0 Å². The number of pyridine rings is 1. The number of methoxy groups -OCH3 is 1. The summed E-state index contributed by atoms with van der Waals surface area (Å²) in [6, 6.07) is 0.948. The van der Waals surface area contributed by atoms with Gasteiger partial charge in [0, 0.05) is 0 Å². The van der Waals surface area contributed by atoms with Crippen molar-refractivity contribution in [2.24, 2.45) is 0 Å². The van der Waals surface area contributed by atoms with Gasteiger partial charge in [0.05, 0.1) is 24.8 Å². The van der Waals surface area contributed by atoms with E-state index in [1.165, 1.54) is 0 Å². The molecule has 0 fully saturated rings. The summed E-state index contributed by atoms with van der Waals surface area (Å²) in [5.41, 5.74) is -4.41. The third-order valence-corrected chi connectivity index (χ3v) is 2.08. The summed E-state index contributed by atoms with van der Waals surface area (Å²) in [6.45, 7) is 0. The predicted octanol–water partition coefficient (Wildman–Crippen LogP) is 2.83. The van der Waals surface area contributed by atoms with Crippen LogP contribution in [-0.4, -0.2) is 18.1 Å². The molecule has 0 aliphatic carbocycles. The zero-order chi connectivity index (χ0) is 14.8. The molecule has 106 valence electrons. The van der Waals surface area contributed by atoms with Crippen molar-refractivity contribution in [3.05, 3.63) is 29.1 Å². The summed E-state index contributed by atoms with van der Waals surface area (Å²) in [5, 5.41) is 0. The fraction of sp³-hybridized carbons (Fsp3) is 0.400. The van der Waals surface area contributed by atoms with Crippen molar-refractivity contribution in [3.8, 4) is 0 Å². The molecule has 0 saturated carbocycles. The molecule has 0 bridgehead atoms. The molecule has 3 nitrogen and oxygen atoms in total. The first kappa shape index (κ1) is 15.3. The molecule has 0 spiro atoms. The van der Waals surface area contributed by atoms with E-state index in [1.54, 1.807) is 0 Å². The van der Waals surface area contributed by atoms with Crippen LogP contribution in [0.1, 0.15) is 17.0 Å². The second kappa shape index (κ2) is 5.06. The Morgan fingerprint density at radius 1 is 1.16 bits per heavy atom. The minimum atomic E-state index is -5.27. The Balaban J connectivity index is 3.28. The van der Waals surface area contributed by atoms with Crippen LogP contribution in [0.2, 0.25) is 0 Å². The van der Waals surface area contributed by atoms with Crippen LogP contribution in [-0.2, 0) is 28.3 Å². The molecule has 0 saturated heterocycles. The van der Waals surface area contributed by atoms with E-state index in [9.17, 15) is 31.1 Å². The average Bonchev–Trinajstić information content (AvgIpc) is 2.26. The van der Waals surface area contributed by atoms with Gasteiger partial charge in [-0.25, -0.2) is 4.98 Å². The van der Waals surface area contributed by atoms with Crippen molar-refractivity contribution in [2.75, 3.05) is 7.11 Å². The number of aromatic nitrogens is 1. The highest BCUT2D eigenvalue weighted by Gasteiger charge is 2.44. The lowest BCUT2D eigenvalue weighted by atomic mass is 10.1. The fourth-order valence-corrected chi connectivity index (χ4v) is 1.26. The highest BCUT2D eigenvalue weighted by Crippen LogP contribution is 2.39. The number of rotatable bonds is 2. The summed E-state index contributed by atoms with van der Waals surface area (Å²) < 4.78 is 78.9. The van der Waals surface area contributed by atoms with Gasteiger partial charge < -0.3 is 4.74 Å². The van der Waals surface area contributed by atoms with Crippen LogP contribution in [0.15, 0.2) is 12.1 Å². The molecule has 0 atom stereocenters. The third-order valence-electron chi connectivity index (χ3n) is 2.08. The van der Waals surface area contributed by atoms with Crippen LogP contribution in [0, 0.1) is 0 Å². The largest absolute Gasteiger partial charge is 0.469 e. The normalized spacial score (nSPS) is 12.4. The number of halogens is 6. The van der Waals surface area contributed by atoms with Crippen LogP contribution in [0.4, 0.5) is 26.3 Å². The first-order valence-corrected chi connectivity index (χ1v) is 4.77. The molecule has 0 aromatic carbocycles. The lowest BCUT2D eigenvalue weighted by molar-refractivity contribution is -0.164. The number of carbonyl (C=O) groups is 1. The first-order valence-electron chi connectivity index (χ1n) is 4.77. The summed E-state index contributed by atoms with van der Waals surface area (Å²) in [5.74, 6) is -0.902. The Morgan fingerprint density at radius 2 is 1.74 bits per heavy atom. The Kier molecular flexibility index (Phi) is 4.06. The number of alkyl halides is 6. The molecule has 1 rings (SSSR count). The third kappa shape index (κ3) is 3.83. The fourth-order valence-electron chi connectivity index (χ4n) is 1.26. The van der Waals surface area contributed by atoms with Crippen molar-refractivity contribution in [3.63, 3.8) is 0 Å². The van der Waals surface area contributed by atoms with Crippen LogP contribution in [0.5, 0.6) is 0 Å². The first-order chi connectivity index (χ1) is 8.55. The van der Waals surface area contributed by atoms with Gasteiger partial charge in [-0.2, -0.15) is 26.3 Å². The van der Waals surface area contributed by atoms with Gasteiger partial charge in [0.1, 0.15) is 0 Å². The summed E-state index contributed by atoms with van der Waals surface area (Å²) in [7, 11) is 0.997. The second-order valence-corrected chi connectivity index (χ2v) is 3.45. The van der Waals surface area contributed by atoms with Gasteiger partial charge in [-0.3, -0.25) is 4.79 Å². The lowest BCUT2D eigenvalue weighted by Crippen LogP contribution is -2.20. The van der Waals surface area contributed by atoms with Crippen molar-refractivity contribution in [1.82, 2.24) is 4.98 Å². The van der Waals surface area contributed by atoms with Gasteiger partial charge in [-0.15, -0.1) is 0 Å². The zero-order valence-electron chi connectivity index (χ0n) is 9.39. The summed E-state index contributed by atoms with van der Waals surface area (Å²) in [6.07, 6.45) is -11.1. The van der Waals surface area contributed by atoms with Crippen molar-refractivity contribution in [1.29, 1.82) is 0 Å². The van der Waals surface area contributed by atoms with E-state index in [2.05, 4.69) is 9.72 Å². The number of esters is 1. The van der Waals surface area contributed by atoms with E-state index in [1.807, 2.05) is 0 Å². The molecular weight excluding hydrogens is 280 g/mol. The Bertz CT molecular complexity index is 480. The van der Waals surface area contributed by atoms with E-state index in [-0.39, 0.29) is 6.07 Å². The van der Waals surface area contributed by atoms with Crippen molar-refractivity contribution < 1.29 is 35.9 Å². The van der Waals surface area contributed by atoms with Crippen LogP contribution in [0.25, 0.3) is 0 Å². The standard InChI is InChI=1S/C10H7F6NO2/c1-19-7(18)4-5-2-3-6(9(11,12)13)8(17-5)10(14,15)16/h2-3H,4H2,1H3. The Labute approximate surface area is 103 Å². The minimum Gasteiger partial charge on any atom is -0.469 e. The van der Waals surface area contributed by atoms with E-state index in [4.69, 9.17) is 0 Å². The smallest absolute Gasteiger partial charge is 0.433 e. The van der Waals surface area contributed by atoms with E-state index in [0.717, 1.165) is 7.11 Å². The molecule has 19 heavy (non-hydrogen) atoms. The number of carbonyl (C=O) groups excluding carboxylic acids is 1. The van der Waals surface area contributed by atoms with Gasteiger partial charge in [0.15, 0.2) is 5.69 Å². The lowest BCUT2D eigenvalue weighted by Gasteiger charge is -2.15. The quantitative estimate of drug-likeness (QED) is 0.620. The molecule has 1 heterocycles. The van der Waals surface area contributed by atoms with E-state index < -0.39 is 41.7 Å². The molecule has 1 aromatic rings. The molecule has 0 amide bonds. The van der Waals surface area contributed by atoms with Gasteiger partial charge in [-0.05, 0) is 12.1 Å². The minimum absolute atomic E-state index is 0.244. The van der Waals surface area contributed by atoms with Crippen LogP contribution in [0.3, 0.4) is 0 Å². The van der Waals surface area contributed by atoms with Crippen molar-refractivity contribution in [2.45, 2.75) is 18.8 Å². The maximum Gasteiger partial charge on any atom is 0.433 e. The average molecular weight is 287 g/mol.